The molecule has 0 saturated carbocycles. The highest BCUT2D eigenvalue weighted by molar-refractivity contribution is 7.89. The van der Waals surface area contributed by atoms with Crippen LogP contribution in [-0.2, 0) is 10.0 Å². The van der Waals surface area contributed by atoms with E-state index in [-0.39, 0.29) is 21.9 Å². The average molecular weight is 324 g/mol. The summed E-state index contributed by atoms with van der Waals surface area (Å²) in [5, 5.41) is 9.72. The lowest BCUT2D eigenvalue weighted by Gasteiger charge is -2.22. The van der Waals surface area contributed by atoms with E-state index < -0.39 is 21.9 Å². The summed E-state index contributed by atoms with van der Waals surface area (Å²) in [5.41, 5.74) is -0.124. The van der Waals surface area contributed by atoms with Gasteiger partial charge in [-0.3, -0.25) is 0 Å². The van der Waals surface area contributed by atoms with Gasteiger partial charge in [0.2, 0.25) is 10.0 Å². The first kappa shape index (κ1) is 17.4. The van der Waals surface area contributed by atoms with E-state index in [1.807, 2.05) is 20.8 Å². The van der Waals surface area contributed by atoms with Crippen LogP contribution in [0.3, 0.4) is 0 Å². The molecule has 1 unspecified atom stereocenters. The maximum absolute atomic E-state index is 13.1. The Morgan fingerprint density at radius 2 is 2.00 bits per heavy atom. The third kappa shape index (κ3) is 5.36. The van der Waals surface area contributed by atoms with Crippen molar-refractivity contribution in [2.24, 2.45) is 5.41 Å². The molecule has 0 saturated heterocycles. The molecule has 1 rings (SSSR count). The molecule has 0 amide bonds. The smallest absolute Gasteiger partial charge is 0.242 e. The molecule has 4 nitrogen and oxygen atoms in total. The van der Waals surface area contributed by atoms with Crippen molar-refractivity contribution >= 4 is 21.6 Å². The van der Waals surface area contributed by atoms with Gasteiger partial charge in [-0.1, -0.05) is 32.4 Å². The van der Waals surface area contributed by atoms with Crippen LogP contribution in [0.2, 0.25) is 5.02 Å². The quantitative estimate of drug-likeness (QED) is 0.875. The minimum atomic E-state index is -3.95. The molecule has 0 aromatic heterocycles. The van der Waals surface area contributed by atoms with Gasteiger partial charge in [0.15, 0.2) is 0 Å². The van der Waals surface area contributed by atoms with Crippen molar-refractivity contribution in [1.29, 1.82) is 0 Å². The second-order valence-corrected chi connectivity index (χ2v) is 7.99. The molecule has 2 N–H and O–H groups in total. The van der Waals surface area contributed by atoms with Crippen LogP contribution in [0.15, 0.2) is 23.1 Å². The molecule has 1 atom stereocenters. The molecular formula is C13H19ClFNO3S. The Morgan fingerprint density at radius 3 is 2.55 bits per heavy atom. The molecule has 0 aliphatic heterocycles. The molecule has 0 aliphatic rings. The van der Waals surface area contributed by atoms with Crippen molar-refractivity contribution in [2.45, 2.75) is 38.2 Å². The summed E-state index contributed by atoms with van der Waals surface area (Å²) in [7, 11) is -3.95. The number of sulfonamides is 1. The lowest BCUT2D eigenvalue weighted by Crippen LogP contribution is -2.34. The predicted molar refractivity (Wildman–Crippen MR) is 76.7 cm³/mol. The first-order valence-corrected chi connectivity index (χ1v) is 8.00. The monoisotopic (exact) mass is 323 g/mol. The largest absolute Gasteiger partial charge is 0.392 e. The lowest BCUT2D eigenvalue weighted by molar-refractivity contribution is 0.125. The zero-order valence-electron chi connectivity index (χ0n) is 11.7. The van der Waals surface area contributed by atoms with Gasteiger partial charge in [-0.2, -0.15) is 0 Å². The van der Waals surface area contributed by atoms with Crippen LogP contribution in [0.5, 0.6) is 0 Å². The fourth-order valence-electron chi connectivity index (χ4n) is 1.75. The van der Waals surface area contributed by atoms with E-state index in [9.17, 15) is 17.9 Å². The zero-order valence-corrected chi connectivity index (χ0v) is 13.2. The number of rotatable bonds is 5. The van der Waals surface area contributed by atoms with Crippen LogP contribution in [0, 0.1) is 11.2 Å². The van der Waals surface area contributed by atoms with E-state index in [1.54, 1.807) is 0 Å². The Balaban J connectivity index is 2.78. The second-order valence-electron chi connectivity index (χ2n) is 5.85. The highest BCUT2D eigenvalue weighted by Crippen LogP contribution is 2.23. The van der Waals surface area contributed by atoms with E-state index in [2.05, 4.69) is 4.72 Å². The third-order valence-corrected chi connectivity index (χ3v) is 4.44. The predicted octanol–water partition coefficient (Wildman–Crippen LogP) is 2.55. The molecule has 20 heavy (non-hydrogen) atoms. The molecular weight excluding hydrogens is 305 g/mol. The van der Waals surface area contributed by atoms with Gasteiger partial charge in [-0.05, 0) is 30.0 Å². The molecule has 0 bridgehead atoms. The molecule has 7 heteroatoms. The molecule has 0 fully saturated rings. The minimum Gasteiger partial charge on any atom is -0.392 e. The van der Waals surface area contributed by atoms with E-state index in [0.29, 0.717) is 6.42 Å². The van der Waals surface area contributed by atoms with Gasteiger partial charge >= 0.3 is 0 Å². The highest BCUT2D eigenvalue weighted by atomic mass is 35.5. The topological polar surface area (TPSA) is 66.4 Å². The van der Waals surface area contributed by atoms with Crippen molar-refractivity contribution in [3.63, 3.8) is 0 Å². The molecule has 1 aromatic rings. The van der Waals surface area contributed by atoms with Gasteiger partial charge in [-0.25, -0.2) is 17.5 Å². The van der Waals surface area contributed by atoms with Crippen molar-refractivity contribution in [3.8, 4) is 0 Å². The van der Waals surface area contributed by atoms with Crippen molar-refractivity contribution in [2.75, 3.05) is 6.54 Å². The molecule has 0 radical (unpaired) electrons. The van der Waals surface area contributed by atoms with Crippen LogP contribution < -0.4 is 4.72 Å². The van der Waals surface area contributed by atoms with Crippen molar-refractivity contribution in [1.82, 2.24) is 4.72 Å². The highest BCUT2D eigenvalue weighted by Gasteiger charge is 2.22. The van der Waals surface area contributed by atoms with Crippen LogP contribution in [0.1, 0.15) is 27.2 Å². The maximum atomic E-state index is 13.1. The Kier molecular flexibility index (Phi) is 5.54. The van der Waals surface area contributed by atoms with E-state index in [0.717, 1.165) is 12.1 Å². The summed E-state index contributed by atoms with van der Waals surface area (Å²) in [4.78, 5) is -0.331. The summed E-state index contributed by atoms with van der Waals surface area (Å²) in [6.45, 7) is 5.67. The Bertz CT molecular complexity index is 569. The van der Waals surface area contributed by atoms with Crippen LogP contribution in [0.25, 0.3) is 0 Å². The SMILES string of the molecule is CC(C)(C)CC(O)CNS(=O)(=O)c1cc(F)ccc1Cl. The minimum absolute atomic E-state index is 0.0655. The molecule has 0 spiro atoms. The first-order valence-electron chi connectivity index (χ1n) is 6.14. The van der Waals surface area contributed by atoms with Gasteiger partial charge in [0.1, 0.15) is 10.7 Å². The standard InChI is InChI=1S/C13H19ClFNO3S/c1-13(2,3)7-10(17)8-16-20(18,19)12-6-9(15)4-5-11(12)14/h4-6,10,16-17H,7-8H2,1-3H3. The fraction of sp³-hybridized carbons (Fsp3) is 0.538. The Morgan fingerprint density at radius 1 is 1.40 bits per heavy atom. The van der Waals surface area contributed by atoms with Crippen LogP contribution in [0.4, 0.5) is 4.39 Å². The molecule has 0 heterocycles. The summed E-state index contributed by atoms with van der Waals surface area (Å²) >= 11 is 5.75. The van der Waals surface area contributed by atoms with Gasteiger partial charge in [-0.15, -0.1) is 0 Å². The third-order valence-electron chi connectivity index (χ3n) is 2.54. The number of aliphatic hydroxyl groups is 1. The maximum Gasteiger partial charge on any atom is 0.242 e. The number of hydrogen-bond acceptors (Lipinski definition) is 3. The summed E-state index contributed by atoms with van der Waals surface area (Å²) < 4.78 is 39.3. The Hall–Kier alpha value is -0.690. The summed E-state index contributed by atoms with van der Waals surface area (Å²) in [6.07, 6.45) is -0.385. The average Bonchev–Trinajstić information content (AvgIpc) is 2.27. The zero-order chi connectivity index (χ0) is 15.6. The van der Waals surface area contributed by atoms with Gasteiger partial charge in [0, 0.05) is 6.54 Å². The second kappa shape index (κ2) is 6.39. The van der Waals surface area contributed by atoms with Gasteiger partial charge < -0.3 is 5.11 Å². The molecule has 0 aliphatic carbocycles. The molecule has 1 aromatic carbocycles. The fourth-order valence-corrected chi connectivity index (χ4v) is 3.33. The molecule has 114 valence electrons. The van der Waals surface area contributed by atoms with Gasteiger partial charge in [0.05, 0.1) is 11.1 Å². The Labute approximate surface area is 124 Å². The van der Waals surface area contributed by atoms with E-state index in [1.165, 1.54) is 6.07 Å². The van der Waals surface area contributed by atoms with E-state index in [4.69, 9.17) is 11.6 Å². The number of aliphatic hydroxyl groups excluding tert-OH is 1. The van der Waals surface area contributed by atoms with Crippen LogP contribution >= 0.6 is 11.6 Å². The number of halogens is 2. The summed E-state index contributed by atoms with van der Waals surface area (Å²) in [6, 6.07) is 3.10. The number of benzene rings is 1. The van der Waals surface area contributed by atoms with E-state index >= 15 is 0 Å². The number of hydrogen-bond donors (Lipinski definition) is 2. The van der Waals surface area contributed by atoms with Crippen molar-refractivity contribution in [3.05, 3.63) is 29.0 Å². The normalized spacial score (nSPS) is 14.3. The van der Waals surface area contributed by atoms with Crippen molar-refractivity contribution < 1.29 is 17.9 Å². The first-order chi connectivity index (χ1) is 9.01. The summed E-state index contributed by atoms with van der Waals surface area (Å²) in [5.74, 6) is -0.690. The van der Waals surface area contributed by atoms with Gasteiger partial charge in [0.25, 0.3) is 0 Å². The van der Waals surface area contributed by atoms with Crippen LogP contribution in [-0.4, -0.2) is 26.2 Å². The number of nitrogens with one attached hydrogen (secondary N) is 1. The lowest BCUT2D eigenvalue weighted by atomic mass is 9.89.